The number of carbonyl (C=O) groups is 1. The Morgan fingerprint density at radius 1 is 1.45 bits per heavy atom. The van der Waals surface area contributed by atoms with E-state index in [0.29, 0.717) is 19.4 Å². The van der Waals surface area contributed by atoms with Crippen molar-refractivity contribution >= 4 is 5.97 Å². The Bertz CT molecular complexity index is 331. The molecule has 1 aliphatic rings. The highest BCUT2D eigenvalue weighted by Gasteiger charge is 2.29. The second-order valence-electron chi connectivity index (χ2n) is 6.05. The van der Waals surface area contributed by atoms with Gasteiger partial charge < -0.3 is 14.2 Å². The van der Waals surface area contributed by atoms with Crippen molar-refractivity contribution < 1.29 is 19.0 Å². The first kappa shape index (κ1) is 17.0. The molecule has 1 heterocycles. The minimum Gasteiger partial charge on any atom is -0.458 e. The molecular formula is C16H26O4. The van der Waals surface area contributed by atoms with Crippen molar-refractivity contribution in [2.75, 3.05) is 6.61 Å². The number of hydrogen-bond donors (Lipinski definition) is 0. The maximum atomic E-state index is 12.2. The molecule has 0 aromatic heterocycles. The normalized spacial score (nSPS) is 21.0. The highest BCUT2D eigenvalue weighted by molar-refractivity contribution is 5.75. The highest BCUT2D eigenvalue weighted by Crippen LogP contribution is 2.20. The zero-order chi connectivity index (χ0) is 15.0. The average Bonchev–Trinajstić information content (AvgIpc) is 2.37. The van der Waals surface area contributed by atoms with Gasteiger partial charge in [-0.25, -0.2) is 4.79 Å². The highest BCUT2D eigenvalue weighted by atomic mass is 16.7. The smallest absolute Gasteiger partial charge is 0.335 e. The second kappa shape index (κ2) is 8.28. The van der Waals surface area contributed by atoms with E-state index < -0.39 is 11.7 Å². The number of carbonyl (C=O) groups excluding carboxylic acids is 1. The lowest BCUT2D eigenvalue weighted by molar-refractivity contribution is -0.210. The lowest BCUT2D eigenvalue weighted by atomic mass is 10.1. The van der Waals surface area contributed by atoms with E-state index in [1.165, 1.54) is 0 Å². The van der Waals surface area contributed by atoms with Crippen LogP contribution in [0.2, 0.25) is 0 Å². The SMILES string of the molecule is C#CCCCC(OC1CCCCO1)C(=O)OC(C)(C)C. The number of hydrogen-bond acceptors (Lipinski definition) is 4. The summed E-state index contributed by atoms with van der Waals surface area (Å²) in [7, 11) is 0. The lowest BCUT2D eigenvalue weighted by Crippen LogP contribution is -2.37. The Labute approximate surface area is 122 Å². The van der Waals surface area contributed by atoms with Crippen LogP contribution in [0, 0.1) is 12.3 Å². The molecule has 20 heavy (non-hydrogen) atoms. The standard InChI is InChI=1S/C16H26O4/c1-5-6-7-10-13(15(17)20-16(2,3)4)19-14-11-8-9-12-18-14/h1,13-14H,6-12H2,2-4H3. The molecule has 0 amide bonds. The van der Waals surface area contributed by atoms with Crippen LogP contribution in [-0.4, -0.2) is 30.6 Å². The molecule has 2 unspecified atom stereocenters. The lowest BCUT2D eigenvalue weighted by Gasteiger charge is -2.29. The van der Waals surface area contributed by atoms with Crippen LogP contribution in [-0.2, 0) is 19.0 Å². The van der Waals surface area contributed by atoms with Gasteiger partial charge in [0.25, 0.3) is 0 Å². The molecule has 1 rings (SSSR count). The fourth-order valence-corrected chi connectivity index (χ4v) is 2.00. The predicted molar refractivity (Wildman–Crippen MR) is 77.0 cm³/mol. The Morgan fingerprint density at radius 3 is 2.75 bits per heavy atom. The number of esters is 1. The zero-order valence-electron chi connectivity index (χ0n) is 12.8. The minimum atomic E-state index is -0.592. The van der Waals surface area contributed by atoms with E-state index in [2.05, 4.69) is 5.92 Å². The van der Waals surface area contributed by atoms with E-state index in [0.717, 1.165) is 25.7 Å². The first-order chi connectivity index (χ1) is 9.42. The second-order valence-corrected chi connectivity index (χ2v) is 6.05. The van der Waals surface area contributed by atoms with Gasteiger partial charge in [-0.1, -0.05) is 0 Å². The molecular weight excluding hydrogens is 256 g/mol. The molecule has 0 radical (unpaired) electrons. The molecule has 0 saturated carbocycles. The molecule has 2 atom stereocenters. The van der Waals surface area contributed by atoms with Crippen LogP contribution in [0.1, 0.15) is 59.3 Å². The average molecular weight is 282 g/mol. The third-order valence-corrected chi connectivity index (χ3v) is 2.91. The van der Waals surface area contributed by atoms with E-state index in [4.69, 9.17) is 20.6 Å². The van der Waals surface area contributed by atoms with Crippen molar-refractivity contribution in [3.8, 4) is 12.3 Å². The van der Waals surface area contributed by atoms with Gasteiger partial charge in [0.2, 0.25) is 0 Å². The van der Waals surface area contributed by atoms with E-state index in [-0.39, 0.29) is 12.3 Å². The van der Waals surface area contributed by atoms with Crippen molar-refractivity contribution in [1.29, 1.82) is 0 Å². The van der Waals surface area contributed by atoms with E-state index in [1.807, 2.05) is 20.8 Å². The predicted octanol–water partition coefficient (Wildman–Crippen LogP) is 3.04. The summed E-state index contributed by atoms with van der Waals surface area (Å²) in [5.41, 5.74) is -0.516. The summed E-state index contributed by atoms with van der Waals surface area (Å²) in [5.74, 6) is 2.25. The molecule has 0 bridgehead atoms. The molecule has 0 spiro atoms. The summed E-state index contributed by atoms with van der Waals surface area (Å²) < 4.78 is 16.7. The van der Waals surface area contributed by atoms with Crippen molar-refractivity contribution in [1.82, 2.24) is 0 Å². The summed E-state index contributed by atoms with van der Waals surface area (Å²) in [5, 5.41) is 0. The van der Waals surface area contributed by atoms with Gasteiger partial charge in [0.1, 0.15) is 5.60 Å². The molecule has 0 aromatic rings. The zero-order valence-corrected chi connectivity index (χ0v) is 12.8. The van der Waals surface area contributed by atoms with Crippen LogP contribution in [0.5, 0.6) is 0 Å². The monoisotopic (exact) mass is 282 g/mol. The van der Waals surface area contributed by atoms with Gasteiger partial charge in [0, 0.05) is 13.0 Å². The molecule has 114 valence electrons. The minimum absolute atomic E-state index is 0.299. The molecule has 1 aliphatic heterocycles. The van der Waals surface area contributed by atoms with Crippen LogP contribution < -0.4 is 0 Å². The van der Waals surface area contributed by atoms with E-state index >= 15 is 0 Å². The summed E-state index contributed by atoms with van der Waals surface area (Å²) in [6.07, 6.45) is 9.24. The maximum Gasteiger partial charge on any atom is 0.335 e. The van der Waals surface area contributed by atoms with Crippen LogP contribution in [0.3, 0.4) is 0 Å². The molecule has 0 aromatic carbocycles. The summed E-state index contributed by atoms with van der Waals surface area (Å²) in [6, 6.07) is 0. The van der Waals surface area contributed by atoms with Crippen LogP contribution in [0.15, 0.2) is 0 Å². The molecule has 1 saturated heterocycles. The van der Waals surface area contributed by atoms with Gasteiger partial charge in [-0.2, -0.15) is 0 Å². The van der Waals surface area contributed by atoms with Crippen molar-refractivity contribution in [2.45, 2.75) is 77.3 Å². The summed E-state index contributed by atoms with van der Waals surface area (Å²) >= 11 is 0. The summed E-state index contributed by atoms with van der Waals surface area (Å²) in [4.78, 5) is 12.2. The topological polar surface area (TPSA) is 44.8 Å². The van der Waals surface area contributed by atoms with Gasteiger partial charge in [-0.05, 0) is 52.9 Å². The van der Waals surface area contributed by atoms with Gasteiger partial charge in [0.15, 0.2) is 12.4 Å². The van der Waals surface area contributed by atoms with Crippen LogP contribution in [0.4, 0.5) is 0 Å². The van der Waals surface area contributed by atoms with Crippen molar-refractivity contribution in [3.05, 3.63) is 0 Å². The molecule has 4 nitrogen and oxygen atoms in total. The van der Waals surface area contributed by atoms with Gasteiger partial charge in [-0.15, -0.1) is 12.3 Å². The first-order valence-electron chi connectivity index (χ1n) is 7.36. The first-order valence-corrected chi connectivity index (χ1v) is 7.36. The van der Waals surface area contributed by atoms with Crippen molar-refractivity contribution in [2.24, 2.45) is 0 Å². The summed E-state index contributed by atoms with van der Waals surface area (Å²) in [6.45, 7) is 6.23. The number of rotatable bonds is 6. The van der Waals surface area contributed by atoms with E-state index in [1.54, 1.807) is 0 Å². The fraction of sp³-hybridized carbons (Fsp3) is 0.812. The van der Waals surface area contributed by atoms with E-state index in [9.17, 15) is 4.79 Å². The van der Waals surface area contributed by atoms with Crippen LogP contribution >= 0.6 is 0 Å². The Kier molecular flexibility index (Phi) is 7.04. The Morgan fingerprint density at radius 2 is 2.20 bits per heavy atom. The van der Waals surface area contributed by atoms with Gasteiger partial charge in [0.05, 0.1) is 0 Å². The van der Waals surface area contributed by atoms with Crippen LogP contribution in [0.25, 0.3) is 0 Å². The Hall–Kier alpha value is -1.05. The molecule has 0 N–H and O–H groups in total. The van der Waals surface area contributed by atoms with Gasteiger partial charge >= 0.3 is 5.97 Å². The maximum absolute atomic E-state index is 12.2. The fourth-order valence-electron chi connectivity index (χ4n) is 2.00. The number of terminal acetylenes is 1. The molecule has 1 fully saturated rings. The third kappa shape index (κ3) is 6.93. The quantitative estimate of drug-likeness (QED) is 0.427. The molecule has 4 heteroatoms. The third-order valence-electron chi connectivity index (χ3n) is 2.91. The number of unbranched alkanes of at least 4 members (excludes halogenated alkanes) is 1. The number of ether oxygens (including phenoxy) is 3. The van der Waals surface area contributed by atoms with Gasteiger partial charge in [-0.3, -0.25) is 0 Å². The van der Waals surface area contributed by atoms with Crippen molar-refractivity contribution in [3.63, 3.8) is 0 Å². The Balaban J connectivity index is 2.53. The largest absolute Gasteiger partial charge is 0.458 e. The molecule has 0 aliphatic carbocycles.